The number of rotatable bonds is 9. The highest BCUT2D eigenvalue weighted by molar-refractivity contribution is 7.09. The molecule has 0 saturated heterocycles. The fourth-order valence-corrected chi connectivity index (χ4v) is 3.41. The smallest absolute Gasteiger partial charge is 0.193 e. The van der Waals surface area contributed by atoms with Gasteiger partial charge < -0.3 is 24.4 Å². The minimum Gasteiger partial charge on any atom is -0.497 e. The highest BCUT2D eigenvalue weighted by atomic mass is 32.1. The van der Waals surface area contributed by atoms with Crippen LogP contribution in [0.15, 0.2) is 34.6 Å². The Bertz CT molecular complexity index is 765. The van der Waals surface area contributed by atoms with Crippen molar-refractivity contribution in [3.05, 3.63) is 40.3 Å². The molecule has 0 spiro atoms. The first-order chi connectivity index (χ1) is 13.5. The SMILES string of the molecule is CN=C(NCC(C)Oc1cccc(OC)c1)N(C)Cc1csc(C(C)OC)n1. The van der Waals surface area contributed by atoms with Gasteiger partial charge in [-0.15, -0.1) is 11.3 Å². The second-order valence-electron chi connectivity index (χ2n) is 6.45. The zero-order valence-electron chi connectivity index (χ0n) is 17.4. The van der Waals surface area contributed by atoms with E-state index in [1.807, 2.05) is 50.1 Å². The highest BCUT2D eigenvalue weighted by Gasteiger charge is 2.13. The summed E-state index contributed by atoms with van der Waals surface area (Å²) in [7, 11) is 7.09. The monoisotopic (exact) mass is 406 g/mol. The lowest BCUT2D eigenvalue weighted by atomic mass is 10.3. The zero-order valence-corrected chi connectivity index (χ0v) is 18.2. The van der Waals surface area contributed by atoms with Gasteiger partial charge in [0.2, 0.25) is 0 Å². The van der Waals surface area contributed by atoms with Gasteiger partial charge in [0.05, 0.1) is 25.9 Å². The van der Waals surface area contributed by atoms with Gasteiger partial charge >= 0.3 is 0 Å². The molecule has 2 atom stereocenters. The van der Waals surface area contributed by atoms with Crippen molar-refractivity contribution in [1.82, 2.24) is 15.2 Å². The van der Waals surface area contributed by atoms with Crippen LogP contribution in [0.4, 0.5) is 0 Å². The van der Waals surface area contributed by atoms with E-state index >= 15 is 0 Å². The highest BCUT2D eigenvalue weighted by Crippen LogP contribution is 2.21. The molecule has 0 aliphatic heterocycles. The van der Waals surface area contributed by atoms with E-state index in [0.717, 1.165) is 28.2 Å². The molecule has 0 aliphatic rings. The van der Waals surface area contributed by atoms with Crippen molar-refractivity contribution in [3.63, 3.8) is 0 Å². The molecule has 1 aromatic heterocycles. The van der Waals surface area contributed by atoms with E-state index in [-0.39, 0.29) is 12.2 Å². The maximum absolute atomic E-state index is 5.95. The van der Waals surface area contributed by atoms with Crippen molar-refractivity contribution in [2.45, 2.75) is 32.6 Å². The second kappa shape index (κ2) is 10.9. The molecule has 7 nitrogen and oxygen atoms in total. The maximum atomic E-state index is 5.95. The molecule has 1 aromatic carbocycles. The van der Waals surface area contributed by atoms with E-state index in [2.05, 4.69) is 20.7 Å². The van der Waals surface area contributed by atoms with Gasteiger partial charge in [-0.3, -0.25) is 4.99 Å². The lowest BCUT2D eigenvalue weighted by molar-refractivity contribution is 0.119. The second-order valence-corrected chi connectivity index (χ2v) is 7.34. The third-order valence-corrected chi connectivity index (χ3v) is 5.22. The molecule has 0 amide bonds. The molecule has 8 heteroatoms. The van der Waals surface area contributed by atoms with Gasteiger partial charge in [0, 0.05) is 32.7 Å². The number of methoxy groups -OCH3 is 2. The van der Waals surface area contributed by atoms with Crippen molar-refractivity contribution in [1.29, 1.82) is 0 Å². The topological polar surface area (TPSA) is 68.2 Å². The molecule has 2 aromatic rings. The molecule has 1 heterocycles. The number of hydrogen-bond donors (Lipinski definition) is 1. The molecule has 0 bridgehead atoms. The summed E-state index contributed by atoms with van der Waals surface area (Å²) in [6.07, 6.45) is -0.0261. The Morgan fingerprint density at radius 1 is 1.29 bits per heavy atom. The predicted octanol–water partition coefficient (Wildman–Crippen LogP) is 3.33. The lowest BCUT2D eigenvalue weighted by Crippen LogP contribution is -2.42. The molecule has 28 heavy (non-hydrogen) atoms. The van der Waals surface area contributed by atoms with Crippen LogP contribution in [0.1, 0.15) is 30.7 Å². The molecule has 2 rings (SSSR count). The summed E-state index contributed by atoms with van der Waals surface area (Å²) in [4.78, 5) is 11.0. The molecule has 2 unspecified atom stereocenters. The van der Waals surface area contributed by atoms with Gasteiger partial charge in [-0.1, -0.05) is 6.07 Å². The summed E-state index contributed by atoms with van der Waals surface area (Å²) in [5.41, 5.74) is 0.995. The average molecular weight is 407 g/mol. The third kappa shape index (κ3) is 6.38. The van der Waals surface area contributed by atoms with Crippen molar-refractivity contribution < 1.29 is 14.2 Å². The Hall–Kier alpha value is -2.32. The summed E-state index contributed by atoms with van der Waals surface area (Å²) in [5.74, 6) is 2.34. The number of benzene rings is 1. The minimum atomic E-state index is -0.0364. The average Bonchev–Trinajstić information content (AvgIpc) is 3.16. The zero-order chi connectivity index (χ0) is 20.5. The number of aliphatic imine (C=N–C) groups is 1. The Morgan fingerprint density at radius 3 is 2.71 bits per heavy atom. The first-order valence-corrected chi connectivity index (χ1v) is 10.0. The molecule has 1 N–H and O–H groups in total. The van der Waals surface area contributed by atoms with E-state index in [0.29, 0.717) is 13.1 Å². The normalized spacial score (nSPS) is 13.7. The molecular formula is C20H30N4O3S. The lowest BCUT2D eigenvalue weighted by Gasteiger charge is -2.23. The van der Waals surface area contributed by atoms with Crippen LogP contribution in [0.25, 0.3) is 0 Å². The summed E-state index contributed by atoms with van der Waals surface area (Å²) < 4.78 is 16.5. The Labute approximate surface area is 171 Å². The van der Waals surface area contributed by atoms with Crippen molar-refractivity contribution in [2.24, 2.45) is 4.99 Å². The Kier molecular flexibility index (Phi) is 8.53. The first-order valence-electron chi connectivity index (χ1n) is 9.16. The van der Waals surface area contributed by atoms with E-state index < -0.39 is 0 Å². The summed E-state index contributed by atoms with van der Waals surface area (Å²) in [6, 6.07) is 7.59. The molecule has 0 saturated carbocycles. The number of thiazole rings is 1. The van der Waals surface area contributed by atoms with Crippen LogP contribution in [0.5, 0.6) is 11.5 Å². The van der Waals surface area contributed by atoms with Crippen molar-refractivity contribution >= 4 is 17.3 Å². The van der Waals surface area contributed by atoms with Crippen LogP contribution in [0.2, 0.25) is 0 Å². The van der Waals surface area contributed by atoms with Gasteiger partial charge in [-0.25, -0.2) is 4.98 Å². The van der Waals surface area contributed by atoms with Crippen LogP contribution >= 0.6 is 11.3 Å². The van der Waals surface area contributed by atoms with Crippen LogP contribution in [-0.2, 0) is 11.3 Å². The standard InChI is InChI=1S/C20H30N4O3S/c1-14(27-18-9-7-8-17(10-18)26-6)11-22-20(21-3)24(4)12-16-13-28-19(23-16)15(2)25-5/h7-10,13-15H,11-12H2,1-6H3,(H,21,22). The Morgan fingerprint density at radius 2 is 2.04 bits per heavy atom. The van der Waals surface area contributed by atoms with Gasteiger partial charge in [0.1, 0.15) is 28.7 Å². The number of aromatic nitrogens is 1. The van der Waals surface area contributed by atoms with Crippen LogP contribution < -0.4 is 14.8 Å². The Balaban J connectivity index is 1.86. The fraction of sp³-hybridized carbons (Fsp3) is 0.500. The molecular weight excluding hydrogens is 376 g/mol. The summed E-state index contributed by atoms with van der Waals surface area (Å²) in [5, 5.41) is 6.39. The van der Waals surface area contributed by atoms with Gasteiger partial charge in [-0.05, 0) is 26.0 Å². The third-order valence-electron chi connectivity index (χ3n) is 4.17. The molecule has 154 valence electrons. The molecule has 0 radical (unpaired) electrons. The number of guanidine groups is 1. The van der Waals surface area contributed by atoms with E-state index in [4.69, 9.17) is 14.2 Å². The minimum absolute atomic E-state index is 0.0103. The van der Waals surface area contributed by atoms with Gasteiger partial charge in [0.25, 0.3) is 0 Å². The molecule has 0 fully saturated rings. The number of nitrogens with zero attached hydrogens (tertiary/aromatic N) is 3. The van der Waals surface area contributed by atoms with Crippen LogP contribution in [0, 0.1) is 0 Å². The maximum Gasteiger partial charge on any atom is 0.193 e. The molecule has 0 aliphatic carbocycles. The quantitative estimate of drug-likeness (QED) is 0.509. The van der Waals surface area contributed by atoms with Crippen molar-refractivity contribution in [3.8, 4) is 11.5 Å². The fourth-order valence-electron chi connectivity index (χ4n) is 2.57. The first kappa shape index (κ1) is 22.0. The van der Waals surface area contributed by atoms with Gasteiger partial charge in [0.15, 0.2) is 5.96 Å². The van der Waals surface area contributed by atoms with E-state index in [1.165, 1.54) is 0 Å². The van der Waals surface area contributed by atoms with E-state index in [1.54, 1.807) is 32.6 Å². The van der Waals surface area contributed by atoms with Gasteiger partial charge in [-0.2, -0.15) is 0 Å². The number of hydrogen-bond acceptors (Lipinski definition) is 6. The summed E-state index contributed by atoms with van der Waals surface area (Å²) >= 11 is 1.61. The number of nitrogens with one attached hydrogen (secondary N) is 1. The van der Waals surface area contributed by atoms with Crippen LogP contribution in [0.3, 0.4) is 0 Å². The largest absolute Gasteiger partial charge is 0.497 e. The number of ether oxygens (including phenoxy) is 3. The summed E-state index contributed by atoms with van der Waals surface area (Å²) in [6.45, 7) is 5.30. The predicted molar refractivity (Wildman–Crippen MR) is 113 cm³/mol. The van der Waals surface area contributed by atoms with Crippen LogP contribution in [-0.4, -0.2) is 56.8 Å². The van der Waals surface area contributed by atoms with E-state index in [9.17, 15) is 0 Å². The van der Waals surface area contributed by atoms with Crippen molar-refractivity contribution in [2.75, 3.05) is 34.9 Å².